The maximum atomic E-state index is 13.0. The highest BCUT2D eigenvalue weighted by molar-refractivity contribution is 6.31. The van der Waals surface area contributed by atoms with Gasteiger partial charge in [-0.1, -0.05) is 17.7 Å². The van der Waals surface area contributed by atoms with Crippen LogP contribution in [0.15, 0.2) is 41.2 Å². The third kappa shape index (κ3) is 3.69. The predicted molar refractivity (Wildman–Crippen MR) is 121 cm³/mol. The predicted octanol–water partition coefficient (Wildman–Crippen LogP) is 2.83. The second kappa shape index (κ2) is 8.11. The molecular weight excluding hydrogens is 432 g/mol. The summed E-state index contributed by atoms with van der Waals surface area (Å²) >= 11 is 6.14. The first kappa shape index (κ1) is 20.8. The van der Waals surface area contributed by atoms with Gasteiger partial charge in [-0.15, -0.1) is 0 Å². The third-order valence-electron chi connectivity index (χ3n) is 6.34. The van der Waals surface area contributed by atoms with Crippen LogP contribution in [0.25, 0.3) is 10.9 Å². The Bertz CT molecular complexity index is 1280. The lowest BCUT2D eigenvalue weighted by atomic mass is 9.83. The molecule has 1 saturated heterocycles. The fourth-order valence-corrected chi connectivity index (χ4v) is 5.23. The lowest BCUT2D eigenvalue weighted by molar-refractivity contribution is -0.117. The fourth-order valence-electron chi connectivity index (χ4n) is 5.06. The molecular formula is C23H23ClN4O4. The molecule has 8 nitrogen and oxygen atoms in total. The lowest BCUT2D eigenvalue weighted by Gasteiger charge is -2.42. The summed E-state index contributed by atoms with van der Waals surface area (Å²) in [6, 6.07) is 10.6. The first-order valence-electron chi connectivity index (χ1n) is 10.5. The van der Waals surface area contributed by atoms with Crippen LogP contribution in [0.3, 0.4) is 0 Å². The summed E-state index contributed by atoms with van der Waals surface area (Å²) in [6.45, 7) is 2.32. The molecule has 1 amide bonds. The molecule has 2 aromatic heterocycles. The number of nitrogens with zero attached hydrogens (tertiary/aromatic N) is 2. The number of amides is 1. The molecule has 0 radical (unpaired) electrons. The summed E-state index contributed by atoms with van der Waals surface area (Å²) in [5.41, 5.74) is 2.31. The molecule has 2 aliphatic rings. The van der Waals surface area contributed by atoms with E-state index in [2.05, 4.69) is 15.2 Å². The molecule has 0 saturated carbocycles. The number of carbonyl (C=O) groups is 2. The average molecular weight is 455 g/mol. The topological polar surface area (TPSA) is 96.4 Å². The van der Waals surface area contributed by atoms with Crippen LogP contribution in [-0.2, 0) is 16.1 Å². The number of benzene rings is 1. The van der Waals surface area contributed by atoms with E-state index in [-0.39, 0.29) is 29.6 Å². The number of hydrogen-bond acceptors (Lipinski definition) is 5. The number of H-pyrrole nitrogens is 1. The number of ether oxygens (including phenoxy) is 1. The molecule has 166 valence electrons. The van der Waals surface area contributed by atoms with Gasteiger partial charge in [0.15, 0.2) is 0 Å². The van der Waals surface area contributed by atoms with Gasteiger partial charge in [0.2, 0.25) is 5.91 Å². The molecule has 3 aromatic rings. The first-order chi connectivity index (χ1) is 15.4. The Hall–Kier alpha value is -3.10. The second-order valence-electron chi connectivity index (χ2n) is 8.50. The van der Waals surface area contributed by atoms with Crippen LogP contribution in [0, 0.1) is 5.92 Å². The number of fused-ring (bicyclic) bond motifs is 5. The standard InChI is InChI=1S/C23H23ClN4O4/c1-32-23(31)22-21(16-8-15(24)5-6-17(16)25-22)26-19(29)12-27-9-13-7-14(11-27)18-3-2-4-20(30)28(18)10-13/h2-6,8,13-14,25H,7,9-12H2,1H3,(H,26,29)/t13-,14+/m0/s1. The van der Waals surface area contributed by atoms with Crippen molar-refractivity contribution in [2.45, 2.75) is 18.9 Å². The Labute approximate surface area is 189 Å². The molecule has 2 atom stereocenters. The van der Waals surface area contributed by atoms with Gasteiger partial charge in [0, 0.05) is 53.2 Å². The quantitative estimate of drug-likeness (QED) is 0.591. The number of rotatable bonds is 4. The van der Waals surface area contributed by atoms with E-state index in [1.54, 1.807) is 30.3 Å². The molecule has 2 aliphatic heterocycles. The van der Waals surface area contributed by atoms with Crippen molar-refractivity contribution < 1.29 is 14.3 Å². The molecule has 1 aromatic carbocycles. The van der Waals surface area contributed by atoms with Crippen LogP contribution < -0.4 is 10.9 Å². The summed E-state index contributed by atoms with van der Waals surface area (Å²) in [7, 11) is 1.29. The number of carbonyl (C=O) groups excluding carboxylic acids is 2. The number of nitrogens with one attached hydrogen (secondary N) is 2. The maximum Gasteiger partial charge on any atom is 0.356 e. The molecule has 2 bridgehead atoms. The van der Waals surface area contributed by atoms with E-state index in [9.17, 15) is 14.4 Å². The Kier molecular flexibility index (Phi) is 5.27. The highest BCUT2D eigenvalue weighted by Gasteiger charge is 2.35. The van der Waals surface area contributed by atoms with Crippen LogP contribution in [0.5, 0.6) is 0 Å². The zero-order valence-corrected chi connectivity index (χ0v) is 18.3. The average Bonchev–Trinajstić information content (AvgIpc) is 3.11. The number of halogens is 1. The number of likely N-dealkylation sites (tertiary alicyclic amines) is 1. The van der Waals surface area contributed by atoms with Crippen molar-refractivity contribution in [3.63, 3.8) is 0 Å². The Morgan fingerprint density at radius 3 is 2.88 bits per heavy atom. The number of piperidine rings is 1. The molecule has 0 aliphatic carbocycles. The third-order valence-corrected chi connectivity index (χ3v) is 6.57. The van der Waals surface area contributed by atoms with Gasteiger partial charge >= 0.3 is 5.97 Å². The minimum atomic E-state index is -0.567. The van der Waals surface area contributed by atoms with Crippen molar-refractivity contribution in [2.75, 3.05) is 32.1 Å². The van der Waals surface area contributed by atoms with Gasteiger partial charge in [0.05, 0.1) is 19.3 Å². The summed E-state index contributed by atoms with van der Waals surface area (Å²) in [6.07, 6.45) is 1.02. The van der Waals surface area contributed by atoms with E-state index in [4.69, 9.17) is 16.3 Å². The van der Waals surface area contributed by atoms with Gasteiger partial charge in [0.1, 0.15) is 5.69 Å². The van der Waals surface area contributed by atoms with Crippen molar-refractivity contribution in [1.29, 1.82) is 0 Å². The Morgan fingerprint density at radius 1 is 1.22 bits per heavy atom. The molecule has 9 heteroatoms. The van der Waals surface area contributed by atoms with Crippen LogP contribution in [-0.4, -0.2) is 53.1 Å². The van der Waals surface area contributed by atoms with E-state index < -0.39 is 5.97 Å². The van der Waals surface area contributed by atoms with Gasteiger partial charge in [-0.05, 0) is 36.6 Å². The van der Waals surface area contributed by atoms with Crippen molar-refractivity contribution in [1.82, 2.24) is 14.5 Å². The van der Waals surface area contributed by atoms with Crippen molar-refractivity contribution in [2.24, 2.45) is 5.92 Å². The van der Waals surface area contributed by atoms with Gasteiger partial charge in [0.25, 0.3) is 5.56 Å². The number of aromatic nitrogens is 2. The largest absolute Gasteiger partial charge is 0.464 e. The fraction of sp³-hybridized carbons (Fsp3) is 0.348. The minimum Gasteiger partial charge on any atom is -0.464 e. The van der Waals surface area contributed by atoms with Gasteiger partial charge in [-0.25, -0.2) is 4.79 Å². The zero-order valence-electron chi connectivity index (χ0n) is 17.6. The van der Waals surface area contributed by atoms with Gasteiger partial charge in [-0.2, -0.15) is 0 Å². The molecule has 32 heavy (non-hydrogen) atoms. The zero-order chi connectivity index (χ0) is 22.4. The number of aromatic amines is 1. The Morgan fingerprint density at radius 2 is 2.06 bits per heavy atom. The van der Waals surface area contributed by atoms with Crippen molar-refractivity contribution in [3.8, 4) is 0 Å². The van der Waals surface area contributed by atoms with Crippen molar-refractivity contribution >= 4 is 40.1 Å². The number of anilines is 1. The molecule has 0 unspecified atom stereocenters. The second-order valence-corrected chi connectivity index (χ2v) is 8.93. The van der Waals surface area contributed by atoms with Crippen LogP contribution in [0.2, 0.25) is 5.02 Å². The highest BCUT2D eigenvalue weighted by Crippen LogP contribution is 2.35. The first-order valence-corrected chi connectivity index (χ1v) is 10.9. The number of methoxy groups -OCH3 is 1. The monoisotopic (exact) mass is 454 g/mol. The highest BCUT2D eigenvalue weighted by atomic mass is 35.5. The minimum absolute atomic E-state index is 0.0386. The smallest absolute Gasteiger partial charge is 0.356 e. The Balaban J connectivity index is 1.36. The summed E-state index contributed by atoms with van der Waals surface area (Å²) < 4.78 is 6.74. The van der Waals surface area contributed by atoms with Crippen LogP contribution in [0.1, 0.15) is 28.5 Å². The summed E-state index contributed by atoms with van der Waals surface area (Å²) in [5, 5.41) is 4.04. The van der Waals surface area contributed by atoms with Crippen LogP contribution >= 0.6 is 11.6 Å². The molecule has 4 heterocycles. The lowest BCUT2D eigenvalue weighted by Crippen LogP contribution is -2.49. The molecule has 0 spiro atoms. The summed E-state index contributed by atoms with van der Waals surface area (Å²) in [4.78, 5) is 42.6. The molecule has 2 N–H and O–H groups in total. The van der Waals surface area contributed by atoms with E-state index >= 15 is 0 Å². The normalized spacial score (nSPS) is 20.1. The van der Waals surface area contributed by atoms with E-state index in [0.717, 1.165) is 18.7 Å². The summed E-state index contributed by atoms with van der Waals surface area (Å²) in [5.74, 6) is -0.239. The van der Waals surface area contributed by atoms with E-state index in [1.165, 1.54) is 7.11 Å². The molecule has 1 fully saturated rings. The number of hydrogen-bond donors (Lipinski definition) is 2. The molecule has 5 rings (SSSR count). The van der Waals surface area contributed by atoms with E-state index in [1.807, 2.05) is 10.6 Å². The number of pyridine rings is 1. The number of esters is 1. The van der Waals surface area contributed by atoms with Crippen molar-refractivity contribution in [3.05, 3.63) is 63.2 Å². The SMILES string of the molecule is COC(=O)c1[nH]c2ccc(Cl)cc2c1NC(=O)CN1C[C@@H]2C[C@H](C1)c1cccc(=O)n1C2. The van der Waals surface area contributed by atoms with E-state index in [0.29, 0.717) is 40.6 Å². The van der Waals surface area contributed by atoms with Gasteiger partial charge in [-0.3, -0.25) is 14.5 Å². The maximum absolute atomic E-state index is 13.0. The van der Waals surface area contributed by atoms with Gasteiger partial charge < -0.3 is 19.6 Å². The van der Waals surface area contributed by atoms with Crippen LogP contribution in [0.4, 0.5) is 5.69 Å².